The van der Waals surface area contributed by atoms with E-state index in [0.717, 1.165) is 10.4 Å². The summed E-state index contributed by atoms with van der Waals surface area (Å²) < 4.78 is 3.14. The molecule has 0 saturated heterocycles. The molecule has 5 aromatic rings. The summed E-state index contributed by atoms with van der Waals surface area (Å²) in [6.07, 6.45) is 3.47. The summed E-state index contributed by atoms with van der Waals surface area (Å²) in [5, 5.41) is 6.12. The van der Waals surface area contributed by atoms with Crippen molar-refractivity contribution in [2.24, 2.45) is 0 Å². The predicted octanol–water partition coefficient (Wildman–Crippen LogP) is 3.82. The Morgan fingerprint density at radius 3 is 2.64 bits per heavy atom. The lowest BCUT2D eigenvalue weighted by Crippen LogP contribution is -2.20. The summed E-state index contributed by atoms with van der Waals surface area (Å²) in [4.78, 5) is 27.3. The van der Waals surface area contributed by atoms with Crippen molar-refractivity contribution in [2.75, 3.05) is 0 Å². The van der Waals surface area contributed by atoms with Crippen LogP contribution in [-0.4, -0.2) is 29.1 Å². The van der Waals surface area contributed by atoms with Crippen LogP contribution in [0.5, 0.6) is 0 Å². The normalized spacial score (nSPS) is 11.5. The molecule has 0 aliphatic carbocycles. The second-order valence-corrected chi connectivity index (χ2v) is 7.78. The number of aromatic nitrogens is 6. The Morgan fingerprint density at radius 1 is 1.07 bits per heavy atom. The molecular weight excluding hydrogens is 396 g/mol. The molecule has 1 aromatic carbocycles. The molecule has 0 spiro atoms. The minimum Gasteiger partial charge on any atom is -0.268 e. The SMILES string of the molecule is Cc1nc2nc(C)c3c(=O)n(-c4ncc(-c5ccc(Cl)cc5)s4)ccc3n2n1. The fraction of sp³-hybridized carbons (Fsp3) is 0.105. The predicted molar refractivity (Wildman–Crippen MR) is 109 cm³/mol. The lowest BCUT2D eigenvalue weighted by molar-refractivity contribution is 0.929. The van der Waals surface area contributed by atoms with Gasteiger partial charge in [0, 0.05) is 17.4 Å². The number of benzene rings is 1. The third-order valence-corrected chi connectivity index (χ3v) is 5.75. The fourth-order valence-electron chi connectivity index (χ4n) is 3.16. The number of aryl methyl sites for hydroxylation is 2. The van der Waals surface area contributed by atoms with Gasteiger partial charge in [0.25, 0.3) is 11.3 Å². The molecule has 0 N–H and O–H groups in total. The molecule has 28 heavy (non-hydrogen) atoms. The lowest BCUT2D eigenvalue weighted by Gasteiger charge is -2.06. The quantitative estimate of drug-likeness (QED) is 0.443. The summed E-state index contributed by atoms with van der Waals surface area (Å²) in [6, 6.07) is 9.37. The van der Waals surface area contributed by atoms with Crippen LogP contribution in [0.1, 0.15) is 11.5 Å². The number of pyridine rings is 1. The van der Waals surface area contributed by atoms with Crippen LogP contribution in [-0.2, 0) is 0 Å². The summed E-state index contributed by atoms with van der Waals surface area (Å²) in [7, 11) is 0. The number of halogens is 1. The highest BCUT2D eigenvalue weighted by atomic mass is 35.5. The van der Waals surface area contributed by atoms with E-state index in [4.69, 9.17) is 11.6 Å². The van der Waals surface area contributed by atoms with E-state index in [1.807, 2.05) is 30.3 Å². The van der Waals surface area contributed by atoms with Crippen LogP contribution >= 0.6 is 22.9 Å². The van der Waals surface area contributed by atoms with Crippen LogP contribution in [0.4, 0.5) is 0 Å². The highest BCUT2D eigenvalue weighted by Crippen LogP contribution is 2.29. The maximum Gasteiger partial charge on any atom is 0.268 e. The van der Waals surface area contributed by atoms with E-state index in [9.17, 15) is 4.79 Å². The molecule has 5 rings (SSSR count). The Balaban J connectivity index is 1.69. The van der Waals surface area contributed by atoms with Gasteiger partial charge in [0.2, 0.25) is 0 Å². The van der Waals surface area contributed by atoms with Gasteiger partial charge in [0.1, 0.15) is 5.82 Å². The van der Waals surface area contributed by atoms with E-state index in [1.165, 1.54) is 15.9 Å². The monoisotopic (exact) mass is 408 g/mol. The van der Waals surface area contributed by atoms with E-state index < -0.39 is 0 Å². The molecule has 9 heteroatoms. The zero-order chi connectivity index (χ0) is 19.4. The van der Waals surface area contributed by atoms with E-state index in [1.54, 1.807) is 30.8 Å². The molecular formula is C19H13ClN6OS. The van der Waals surface area contributed by atoms with Crippen LogP contribution in [0.15, 0.2) is 47.5 Å². The van der Waals surface area contributed by atoms with Crippen LogP contribution in [0.25, 0.3) is 32.3 Å². The summed E-state index contributed by atoms with van der Waals surface area (Å²) in [6.45, 7) is 3.60. The van der Waals surface area contributed by atoms with Crippen molar-refractivity contribution in [2.45, 2.75) is 13.8 Å². The molecule has 0 fully saturated rings. The van der Waals surface area contributed by atoms with Crippen molar-refractivity contribution >= 4 is 39.6 Å². The first-order chi connectivity index (χ1) is 13.5. The van der Waals surface area contributed by atoms with Gasteiger partial charge >= 0.3 is 0 Å². The molecule has 0 aliphatic heterocycles. The van der Waals surface area contributed by atoms with Crippen molar-refractivity contribution in [3.8, 4) is 15.6 Å². The van der Waals surface area contributed by atoms with Crippen LogP contribution in [0.2, 0.25) is 5.02 Å². The first-order valence-electron chi connectivity index (χ1n) is 8.49. The van der Waals surface area contributed by atoms with Gasteiger partial charge in [-0.05, 0) is 37.6 Å². The third kappa shape index (κ3) is 2.61. The van der Waals surface area contributed by atoms with Gasteiger partial charge in [-0.2, -0.15) is 9.50 Å². The maximum atomic E-state index is 13.2. The molecule has 0 saturated carbocycles. The minimum atomic E-state index is -0.186. The molecule has 0 unspecified atom stereocenters. The number of nitrogens with zero attached hydrogens (tertiary/aromatic N) is 6. The van der Waals surface area contributed by atoms with Crippen LogP contribution in [0.3, 0.4) is 0 Å². The second-order valence-electron chi connectivity index (χ2n) is 6.33. The fourth-order valence-corrected chi connectivity index (χ4v) is 4.19. The average molecular weight is 409 g/mol. The Morgan fingerprint density at radius 2 is 1.86 bits per heavy atom. The number of thiazole rings is 1. The van der Waals surface area contributed by atoms with Gasteiger partial charge in [-0.1, -0.05) is 35.1 Å². The van der Waals surface area contributed by atoms with Gasteiger partial charge < -0.3 is 0 Å². The Labute approximate surface area is 167 Å². The van der Waals surface area contributed by atoms with E-state index in [-0.39, 0.29) is 5.56 Å². The van der Waals surface area contributed by atoms with E-state index >= 15 is 0 Å². The van der Waals surface area contributed by atoms with E-state index in [2.05, 4.69) is 20.1 Å². The zero-order valence-corrected chi connectivity index (χ0v) is 16.5. The van der Waals surface area contributed by atoms with Crippen molar-refractivity contribution in [1.82, 2.24) is 29.1 Å². The van der Waals surface area contributed by atoms with E-state index in [0.29, 0.717) is 38.4 Å². The minimum absolute atomic E-state index is 0.186. The molecule has 0 amide bonds. The van der Waals surface area contributed by atoms with Gasteiger partial charge in [0.05, 0.1) is 21.5 Å². The first kappa shape index (κ1) is 17.0. The van der Waals surface area contributed by atoms with Gasteiger partial charge in [0.15, 0.2) is 5.13 Å². The second kappa shape index (κ2) is 6.22. The first-order valence-corrected chi connectivity index (χ1v) is 9.68. The Bertz CT molecular complexity index is 1420. The lowest BCUT2D eigenvalue weighted by atomic mass is 10.2. The van der Waals surface area contributed by atoms with Crippen molar-refractivity contribution in [3.05, 3.63) is 69.6 Å². The molecule has 0 atom stereocenters. The number of fused-ring (bicyclic) bond motifs is 3. The summed E-state index contributed by atoms with van der Waals surface area (Å²) >= 11 is 7.39. The zero-order valence-electron chi connectivity index (χ0n) is 14.9. The average Bonchev–Trinajstić information content (AvgIpc) is 3.29. The van der Waals surface area contributed by atoms with Crippen LogP contribution in [0, 0.1) is 13.8 Å². The number of hydrogen-bond acceptors (Lipinski definition) is 6. The highest BCUT2D eigenvalue weighted by Gasteiger charge is 2.15. The number of hydrogen-bond donors (Lipinski definition) is 0. The smallest absolute Gasteiger partial charge is 0.268 e. The molecule has 0 aliphatic rings. The van der Waals surface area contributed by atoms with Crippen LogP contribution < -0.4 is 5.56 Å². The van der Waals surface area contributed by atoms with Gasteiger partial charge in [-0.25, -0.2) is 9.97 Å². The van der Waals surface area contributed by atoms with Crippen molar-refractivity contribution in [1.29, 1.82) is 0 Å². The van der Waals surface area contributed by atoms with Crippen molar-refractivity contribution < 1.29 is 0 Å². The highest BCUT2D eigenvalue weighted by molar-refractivity contribution is 7.17. The third-order valence-electron chi connectivity index (χ3n) is 4.45. The van der Waals surface area contributed by atoms with Crippen molar-refractivity contribution in [3.63, 3.8) is 0 Å². The Hall–Kier alpha value is -3.10. The molecule has 4 aromatic heterocycles. The molecule has 7 nitrogen and oxygen atoms in total. The van der Waals surface area contributed by atoms with Gasteiger partial charge in [-0.3, -0.25) is 9.36 Å². The summed E-state index contributed by atoms with van der Waals surface area (Å²) in [5.41, 5.74) is 2.11. The maximum absolute atomic E-state index is 13.2. The van der Waals surface area contributed by atoms with Gasteiger partial charge in [-0.15, -0.1) is 5.10 Å². The topological polar surface area (TPSA) is 78.0 Å². The molecule has 138 valence electrons. The summed E-state index contributed by atoms with van der Waals surface area (Å²) in [5.74, 6) is 1.09. The number of rotatable bonds is 2. The standard InChI is InChI=1S/C19H13ClN6OS/c1-10-16-14(26-18(22-10)23-11(2)24-26)7-8-25(17(16)27)19-21-9-15(28-19)12-3-5-13(20)6-4-12/h3-9H,1-2H3. The largest absolute Gasteiger partial charge is 0.268 e. The Kier molecular flexibility index (Phi) is 3.78. The molecule has 4 heterocycles. The molecule has 0 bridgehead atoms. The molecule has 0 radical (unpaired) electrons.